The molecule has 6 heteroatoms. The van der Waals surface area contributed by atoms with E-state index in [-0.39, 0.29) is 0 Å². The van der Waals surface area contributed by atoms with Crippen LogP contribution in [0, 0.1) is 0 Å². The van der Waals surface area contributed by atoms with Crippen molar-refractivity contribution in [1.82, 2.24) is 9.80 Å². The van der Waals surface area contributed by atoms with E-state index in [0.717, 1.165) is 64.5 Å². The zero-order valence-corrected chi connectivity index (χ0v) is 15.4. The summed E-state index contributed by atoms with van der Waals surface area (Å²) in [6.45, 7) is 15.5. The Bertz CT molecular complexity index is 398. The number of nitrogens with zero attached hydrogens (tertiary/aromatic N) is 3. The van der Waals surface area contributed by atoms with Gasteiger partial charge < -0.3 is 20.1 Å². The lowest BCUT2D eigenvalue weighted by Crippen LogP contribution is -2.38. The third-order valence-corrected chi connectivity index (χ3v) is 3.87. The predicted molar refractivity (Wildman–Crippen MR) is 100 cm³/mol. The van der Waals surface area contributed by atoms with Gasteiger partial charge in [0.1, 0.15) is 6.61 Å². The molecule has 0 spiro atoms. The summed E-state index contributed by atoms with van der Waals surface area (Å²) in [6.07, 6.45) is 6.14. The van der Waals surface area contributed by atoms with Crippen molar-refractivity contribution in [3.8, 4) is 0 Å². The summed E-state index contributed by atoms with van der Waals surface area (Å²) in [5, 5.41) is 0. The molecule has 1 aliphatic heterocycles. The van der Waals surface area contributed by atoms with Gasteiger partial charge in [-0.3, -0.25) is 4.90 Å². The van der Waals surface area contributed by atoms with Crippen molar-refractivity contribution in [2.24, 2.45) is 10.7 Å². The van der Waals surface area contributed by atoms with Gasteiger partial charge in [-0.15, -0.1) is 0 Å². The molecule has 1 fully saturated rings. The van der Waals surface area contributed by atoms with Gasteiger partial charge in [0.2, 0.25) is 5.88 Å². The number of rotatable bonds is 12. The van der Waals surface area contributed by atoms with Gasteiger partial charge in [-0.25, -0.2) is 4.99 Å². The summed E-state index contributed by atoms with van der Waals surface area (Å²) in [7, 11) is 0. The van der Waals surface area contributed by atoms with Crippen LogP contribution in [0.2, 0.25) is 0 Å². The minimum Gasteiger partial charge on any atom is -0.476 e. The third-order valence-electron chi connectivity index (χ3n) is 3.87. The summed E-state index contributed by atoms with van der Waals surface area (Å²) in [5.41, 5.74) is 6.80. The molecular formula is C18H34N4O2. The van der Waals surface area contributed by atoms with Crippen LogP contribution in [-0.4, -0.2) is 75.6 Å². The van der Waals surface area contributed by atoms with E-state index < -0.39 is 0 Å². The lowest BCUT2D eigenvalue weighted by atomic mass is 10.2. The van der Waals surface area contributed by atoms with Gasteiger partial charge in [-0.2, -0.15) is 0 Å². The standard InChI is InChI=1S/C18H34N4O2/c1-4-8-22(9-5-2)17(6-7-19)16-18(20-3)24-15-12-21-10-13-23-14-11-21/h6,16H,3-5,7-15,19H2,1-2H3/b17-6+,18-16+. The number of hydrogen-bond donors (Lipinski definition) is 1. The van der Waals surface area contributed by atoms with Crippen molar-refractivity contribution in [2.45, 2.75) is 26.7 Å². The molecule has 1 rings (SSSR count). The lowest BCUT2D eigenvalue weighted by Gasteiger charge is -2.27. The number of aliphatic imine (C=N–C) groups is 1. The van der Waals surface area contributed by atoms with Crippen LogP contribution in [-0.2, 0) is 9.47 Å². The van der Waals surface area contributed by atoms with Crippen molar-refractivity contribution in [3.63, 3.8) is 0 Å². The first-order chi connectivity index (χ1) is 11.7. The van der Waals surface area contributed by atoms with Gasteiger partial charge in [0.05, 0.1) is 13.2 Å². The van der Waals surface area contributed by atoms with Gasteiger partial charge in [-0.05, 0) is 25.6 Å². The van der Waals surface area contributed by atoms with Crippen LogP contribution in [0.25, 0.3) is 0 Å². The molecule has 0 bridgehead atoms. The zero-order valence-electron chi connectivity index (χ0n) is 15.4. The summed E-state index contributed by atoms with van der Waals surface area (Å²) >= 11 is 0. The fourth-order valence-corrected chi connectivity index (χ4v) is 2.67. The summed E-state index contributed by atoms with van der Waals surface area (Å²) in [5.74, 6) is 0.556. The van der Waals surface area contributed by atoms with E-state index in [9.17, 15) is 0 Å². The largest absolute Gasteiger partial charge is 0.476 e. The van der Waals surface area contributed by atoms with E-state index in [0.29, 0.717) is 19.0 Å². The molecule has 0 amide bonds. The molecule has 2 N–H and O–H groups in total. The molecule has 1 saturated heterocycles. The molecule has 6 nitrogen and oxygen atoms in total. The highest BCUT2D eigenvalue weighted by molar-refractivity contribution is 5.30. The lowest BCUT2D eigenvalue weighted by molar-refractivity contribution is 0.0274. The van der Waals surface area contributed by atoms with E-state index in [1.165, 1.54) is 0 Å². The maximum Gasteiger partial charge on any atom is 0.214 e. The van der Waals surface area contributed by atoms with Crippen LogP contribution in [0.1, 0.15) is 26.7 Å². The van der Waals surface area contributed by atoms with E-state index >= 15 is 0 Å². The first-order valence-corrected chi connectivity index (χ1v) is 9.01. The molecule has 1 aliphatic rings. The number of morpholine rings is 1. The second-order valence-corrected chi connectivity index (χ2v) is 5.79. The molecular weight excluding hydrogens is 304 g/mol. The fourth-order valence-electron chi connectivity index (χ4n) is 2.67. The average Bonchev–Trinajstić information content (AvgIpc) is 2.61. The first kappa shape index (κ1) is 20.7. The molecule has 24 heavy (non-hydrogen) atoms. The van der Waals surface area contributed by atoms with Crippen LogP contribution < -0.4 is 5.73 Å². The number of hydrogen-bond acceptors (Lipinski definition) is 6. The molecule has 0 aromatic carbocycles. The number of ether oxygens (including phenoxy) is 2. The van der Waals surface area contributed by atoms with E-state index in [4.69, 9.17) is 15.2 Å². The van der Waals surface area contributed by atoms with E-state index in [2.05, 4.69) is 35.4 Å². The van der Waals surface area contributed by atoms with Crippen molar-refractivity contribution in [2.75, 3.05) is 59.1 Å². The summed E-state index contributed by atoms with van der Waals surface area (Å²) in [6, 6.07) is 0. The Morgan fingerprint density at radius 3 is 2.50 bits per heavy atom. The number of allylic oxidation sites excluding steroid dienone is 1. The van der Waals surface area contributed by atoms with Gasteiger partial charge in [-0.1, -0.05) is 13.8 Å². The van der Waals surface area contributed by atoms with Crippen LogP contribution in [0.3, 0.4) is 0 Å². The fraction of sp³-hybridized carbons (Fsp3) is 0.722. The van der Waals surface area contributed by atoms with Gasteiger partial charge >= 0.3 is 0 Å². The second-order valence-electron chi connectivity index (χ2n) is 5.79. The summed E-state index contributed by atoms with van der Waals surface area (Å²) in [4.78, 5) is 8.69. The predicted octanol–water partition coefficient (Wildman–Crippen LogP) is 1.84. The van der Waals surface area contributed by atoms with Crippen molar-refractivity contribution in [1.29, 1.82) is 0 Å². The SMILES string of the molecule is C=N/C(=C\C(=C/CN)N(CCC)CCC)OCCN1CCOCC1. The molecule has 0 radical (unpaired) electrons. The molecule has 138 valence electrons. The Morgan fingerprint density at radius 1 is 1.29 bits per heavy atom. The Kier molecular flexibility index (Phi) is 11.2. The van der Waals surface area contributed by atoms with Crippen LogP contribution in [0.5, 0.6) is 0 Å². The van der Waals surface area contributed by atoms with Crippen molar-refractivity contribution < 1.29 is 9.47 Å². The molecule has 0 aromatic rings. The minimum atomic E-state index is 0.494. The first-order valence-electron chi connectivity index (χ1n) is 9.01. The van der Waals surface area contributed by atoms with Crippen LogP contribution in [0.15, 0.2) is 28.7 Å². The Balaban J connectivity index is 2.62. The maximum atomic E-state index is 5.82. The molecule has 0 saturated carbocycles. The highest BCUT2D eigenvalue weighted by Gasteiger charge is 2.11. The van der Waals surface area contributed by atoms with E-state index in [1.54, 1.807) is 0 Å². The quantitative estimate of drug-likeness (QED) is 0.334. The smallest absolute Gasteiger partial charge is 0.214 e. The van der Waals surface area contributed by atoms with Gasteiger partial charge in [0.25, 0.3) is 0 Å². The molecule has 0 unspecified atom stereocenters. The Labute approximate surface area is 147 Å². The minimum absolute atomic E-state index is 0.494. The Hall–Kier alpha value is -1.37. The summed E-state index contributed by atoms with van der Waals surface area (Å²) < 4.78 is 11.2. The highest BCUT2D eigenvalue weighted by Crippen LogP contribution is 2.12. The van der Waals surface area contributed by atoms with Gasteiger partial charge in [0.15, 0.2) is 0 Å². The molecule has 1 heterocycles. The molecule has 0 atom stereocenters. The Morgan fingerprint density at radius 2 is 1.96 bits per heavy atom. The normalized spacial score (nSPS) is 17.0. The van der Waals surface area contributed by atoms with Crippen LogP contribution in [0.4, 0.5) is 0 Å². The highest BCUT2D eigenvalue weighted by atomic mass is 16.5. The van der Waals surface area contributed by atoms with Gasteiger partial charge in [0, 0.05) is 51.0 Å². The van der Waals surface area contributed by atoms with Crippen molar-refractivity contribution >= 4 is 6.72 Å². The zero-order chi connectivity index (χ0) is 17.6. The molecule has 0 aromatic heterocycles. The number of nitrogens with two attached hydrogens (primary N) is 1. The van der Waals surface area contributed by atoms with Crippen molar-refractivity contribution in [3.05, 3.63) is 23.7 Å². The topological polar surface area (TPSA) is 63.3 Å². The average molecular weight is 338 g/mol. The maximum absolute atomic E-state index is 5.82. The molecule has 0 aliphatic carbocycles. The second kappa shape index (κ2) is 13.0. The van der Waals surface area contributed by atoms with E-state index in [1.807, 2.05) is 12.2 Å². The monoisotopic (exact) mass is 338 g/mol. The third kappa shape index (κ3) is 7.95. The van der Waals surface area contributed by atoms with Crippen LogP contribution >= 0.6 is 0 Å².